The highest BCUT2D eigenvalue weighted by Gasteiger charge is 2.15. The van der Waals surface area contributed by atoms with Crippen LogP contribution in [0.2, 0.25) is 0 Å². The Labute approximate surface area is 169 Å². The number of hydroxylamine groups is 1. The lowest BCUT2D eigenvalue weighted by Crippen LogP contribution is -2.29. The van der Waals surface area contributed by atoms with Crippen molar-refractivity contribution in [1.82, 2.24) is 20.2 Å². The molecule has 2 aromatic heterocycles. The van der Waals surface area contributed by atoms with E-state index in [0.717, 1.165) is 34.6 Å². The van der Waals surface area contributed by atoms with Crippen LogP contribution in [0.1, 0.15) is 31.0 Å². The molecule has 4 N–H and O–H groups in total. The molecule has 1 amide bonds. The molecule has 0 saturated heterocycles. The molecule has 0 bridgehead atoms. The van der Waals surface area contributed by atoms with Crippen molar-refractivity contribution < 1.29 is 15.1 Å². The third-order valence-electron chi connectivity index (χ3n) is 4.86. The Morgan fingerprint density at radius 1 is 1.28 bits per heavy atom. The van der Waals surface area contributed by atoms with E-state index in [1.54, 1.807) is 11.6 Å². The summed E-state index contributed by atoms with van der Waals surface area (Å²) in [6, 6.07) is 14.0. The molecule has 3 rings (SSSR count). The summed E-state index contributed by atoms with van der Waals surface area (Å²) in [6.07, 6.45) is 6.44. The zero-order valence-electron chi connectivity index (χ0n) is 16.4. The van der Waals surface area contributed by atoms with Crippen LogP contribution in [0, 0.1) is 0 Å². The summed E-state index contributed by atoms with van der Waals surface area (Å²) in [4.78, 5) is 16.1. The number of aliphatic hydroxyl groups excluding tert-OH is 1. The first kappa shape index (κ1) is 20.7. The number of amides is 1. The molecule has 1 unspecified atom stereocenters. The molecule has 0 aliphatic carbocycles. The molecule has 3 aromatic rings. The fourth-order valence-electron chi connectivity index (χ4n) is 3.27. The zero-order valence-corrected chi connectivity index (χ0v) is 16.4. The number of benzene rings is 1. The quantitative estimate of drug-likeness (QED) is 0.254. The van der Waals surface area contributed by atoms with Crippen LogP contribution in [-0.2, 0) is 11.3 Å². The molecule has 152 valence electrons. The Kier molecular flexibility index (Phi) is 7.13. The fraction of sp³-hybridized carbons (Fsp3) is 0.273. The number of pyridine rings is 1. The van der Waals surface area contributed by atoms with Gasteiger partial charge in [0, 0.05) is 37.0 Å². The summed E-state index contributed by atoms with van der Waals surface area (Å²) >= 11 is 0. The molecule has 2 heterocycles. The van der Waals surface area contributed by atoms with Gasteiger partial charge in [0.1, 0.15) is 5.65 Å². The molecule has 0 aliphatic heterocycles. The van der Waals surface area contributed by atoms with Crippen molar-refractivity contribution in [3.63, 3.8) is 0 Å². The SMILES string of the molecule is CCC(CCO)NCc1c(-c2ccccc2)nc2cc(/C=C/C(=O)NO)ccn12. The lowest BCUT2D eigenvalue weighted by molar-refractivity contribution is -0.124. The molecule has 7 heteroatoms. The minimum Gasteiger partial charge on any atom is -0.396 e. The maximum Gasteiger partial charge on any atom is 0.267 e. The number of hydrogen-bond acceptors (Lipinski definition) is 5. The van der Waals surface area contributed by atoms with Gasteiger partial charge in [-0.05, 0) is 36.6 Å². The van der Waals surface area contributed by atoms with Gasteiger partial charge in [0.15, 0.2) is 0 Å². The number of carbonyl (C=O) groups is 1. The molecule has 0 spiro atoms. The van der Waals surface area contributed by atoms with Gasteiger partial charge in [-0.25, -0.2) is 10.5 Å². The molecule has 0 aliphatic rings. The van der Waals surface area contributed by atoms with Gasteiger partial charge in [-0.15, -0.1) is 0 Å². The number of fused-ring (bicyclic) bond motifs is 1. The summed E-state index contributed by atoms with van der Waals surface area (Å²) < 4.78 is 2.03. The minimum absolute atomic E-state index is 0.154. The molecular formula is C22H26N4O3. The maximum atomic E-state index is 11.2. The number of aliphatic hydroxyl groups is 1. The second kappa shape index (κ2) is 9.97. The van der Waals surface area contributed by atoms with E-state index in [0.29, 0.717) is 13.0 Å². The number of rotatable bonds is 9. The lowest BCUT2D eigenvalue weighted by atomic mass is 10.1. The Balaban J connectivity index is 1.99. The van der Waals surface area contributed by atoms with Crippen LogP contribution in [0.3, 0.4) is 0 Å². The van der Waals surface area contributed by atoms with E-state index in [9.17, 15) is 9.90 Å². The second-order valence-electron chi connectivity index (χ2n) is 6.77. The largest absolute Gasteiger partial charge is 0.396 e. The molecule has 0 saturated carbocycles. The first-order chi connectivity index (χ1) is 14.2. The van der Waals surface area contributed by atoms with Crippen molar-refractivity contribution in [3.8, 4) is 11.3 Å². The third-order valence-corrected chi connectivity index (χ3v) is 4.86. The average Bonchev–Trinajstić information content (AvgIpc) is 3.13. The maximum absolute atomic E-state index is 11.2. The van der Waals surface area contributed by atoms with Gasteiger partial charge >= 0.3 is 0 Å². The van der Waals surface area contributed by atoms with Gasteiger partial charge in [-0.2, -0.15) is 0 Å². The van der Waals surface area contributed by atoms with Crippen LogP contribution in [0.5, 0.6) is 0 Å². The van der Waals surface area contributed by atoms with Crippen molar-refractivity contribution in [2.24, 2.45) is 0 Å². The van der Waals surface area contributed by atoms with Crippen LogP contribution in [-0.4, -0.2) is 38.3 Å². The van der Waals surface area contributed by atoms with Gasteiger partial charge in [-0.3, -0.25) is 10.0 Å². The van der Waals surface area contributed by atoms with Crippen LogP contribution in [0.15, 0.2) is 54.7 Å². The summed E-state index contributed by atoms with van der Waals surface area (Å²) in [7, 11) is 0. The molecule has 1 atom stereocenters. The topological polar surface area (TPSA) is 98.9 Å². The molecular weight excluding hydrogens is 368 g/mol. The standard InChI is InChI=1S/C22H26N4O3/c1-2-18(11-13-27)23-15-19-22(17-6-4-3-5-7-17)24-20-14-16(10-12-26(19)20)8-9-21(28)25-29/h3-10,12,14,18,23,27,29H,2,11,13,15H2,1H3,(H,25,28)/b9-8+. The Bertz CT molecular complexity index is 982. The Morgan fingerprint density at radius 2 is 2.07 bits per heavy atom. The van der Waals surface area contributed by atoms with E-state index in [1.807, 2.05) is 53.1 Å². The van der Waals surface area contributed by atoms with E-state index in [2.05, 4.69) is 12.2 Å². The van der Waals surface area contributed by atoms with Crippen LogP contribution in [0.25, 0.3) is 23.0 Å². The molecule has 1 aromatic carbocycles. The predicted octanol–water partition coefficient (Wildman–Crippen LogP) is 2.77. The number of hydrogen-bond donors (Lipinski definition) is 4. The van der Waals surface area contributed by atoms with Crippen molar-refractivity contribution in [1.29, 1.82) is 0 Å². The number of nitrogens with one attached hydrogen (secondary N) is 2. The number of imidazole rings is 1. The van der Waals surface area contributed by atoms with Gasteiger partial charge < -0.3 is 14.8 Å². The highest BCUT2D eigenvalue weighted by Crippen LogP contribution is 2.25. The van der Waals surface area contributed by atoms with Gasteiger partial charge in [0.25, 0.3) is 5.91 Å². The van der Waals surface area contributed by atoms with Crippen LogP contribution in [0.4, 0.5) is 0 Å². The normalized spacial score (nSPS) is 12.5. The molecule has 7 nitrogen and oxygen atoms in total. The summed E-state index contributed by atoms with van der Waals surface area (Å²) in [6.45, 7) is 2.87. The first-order valence-electron chi connectivity index (χ1n) is 9.69. The number of carbonyl (C=O) groups excluding carboxylic acids is 1. The van der Waals surface area contributed by atoms with Crippen molar-refractivity contribution in [3.05, 3.63) is 66.0 Å². The van der Waals surface area contributed by atoms with E-state index in [4.69, 9.17) is 10.2 Å². The molecule has 29 heavy (non-hydrogen) atoms. The molecule has 0 fully saturated rings. The number of aromatic nitrogens is 2. The van der Waals surface area contributed by atoms with E-state index >= 15 is 0 Å². The zero-order chi connectivity index (χ0) is 20.6. The van der Waals surface area contributed by atoms with Crippen molar-refractivity contribution >= 4 is 17.6 Å². The lowest BCUT2D eigenvalue weighted by Gasteiger charge is -2.16. The van der Waals surface area contributed by atoms with Crippen molar-refractivity contribution in [2.75, 3.05) is 6.61 Å². The number of nitrogens with zero attached hydrogens (tertiary/aromatic N) is 2. The van der Waals surface area contributed by atoms with Gasteiger partial charge in [0.2, 0.25) is 0 Å². The highest BCUT2D eigenvalue weighted by molar-refractivity contribution is 5.91. The smallest absolute Gasteiger partial charge is 0.267 e. The van der Waals surface area contributed by atoms with E-state index in [-0.39, 0.29) is 12.6 Å². The second-order valence-corrected chi connectivity index (χ2v) is 6.77. The van der Waals surface area contributed by atoms with Crippen LogP contribution >= 0.6 is 0 Å². The highest BCUT2D eigenvalue weighted by atomic mass is 16.5. The first-order valence-corrected chi connectivity index (χ1v) is 9.69. The fourth-order valence-corrected chi connectivity index (χ4v) is 3.27. The van der Waals surface area contributed by atoms with E-state index < -0.39 is 5.91 Å². The Morgan fingerprint density at radius 3 is 2.76 bits per heavy atom. The average molecular weight is 394 g/mol. The van der Waals surface area contributed by atoms with E-state index in [1.165, 1.54) is 6.08 Å². The van der Waals surface area contributed by atoms with Gasteiger partial charge in [-0.1, -0.05) is 37.3 Å². The minimum atomic E-state index is -0.586. The third kappa shape index (κ3) is 5.08. The Hall–Kier alpha value is -3.00. The molecule has 0 radical (unpaired) electrons. The van der Waals surface area contributed by atoms with Crippen LogP contribution < -0.4 is 10.8 Å². The summed E-state index contributed by atoms with van der Waals surface area (Å²) in [5.41, 5.74) is 6.10. The van der Waals surface area contributed by atoms with Gasteiger partial charge in [0.05, 0.1) is 11.4 Å². The monoisotopic (exact) mass is 394 g/mol. The summed E-state index contributed by atoms with van der Waals surface area (Å²) in [5, 5.41) is 21.4. The summed E-state index contributed by atoms with van der Waals surface area (Å²) in [5.74, 6) is -0.586. The predicted molar refractivity (Wildman–Crippen MR) is 112 cm³/mol. The van der Waals surface area contributed by atoms with Crippen molar-refractivity contribution in [2.45, 2.75) is 32.4 Å².